The van der Waals surface area contributed by atoms with Crippen LogP contribution in [0.25, 0.3) is 110 Å². The van der Waals surface area contributed by atoms with E-state index in [4.69, 9.17) is 19.9 Å². The molecule has 0 saturated carbocycles. The predicted octanol–water partition coefficient (Wildman–Crippen LogP) is 12.6. The SMILES string of the molecule is N#Cc1ccccc1-c1ccc2c3c(ccc(-c4cccc(-c5nc(-c6ccccc6)nc(-c6cccc7c6sc6ccccc67)n5)n4)c13)-c1ccccc1-2. The fourth-order valence-corrected chi connectivity index (χ4v) is 9.32. The van der Waals surface area contributed by atoms with Crippen LogP contribution in [0.15, 0.2) is 164 Å². The molecular formula is C49H27N5S. The Morgan fingerprint density at radius 3 is 1.75 bits per heavy atom. The van der Waals surface area contributed by atoms with Crippen molar-refractivity contribution >= 4 is 42.3 Å². The fourth-order valence-electron chi connectivity index (χ4n) is 8.11. The van der Waals surface area contributed by atoms with Crippen LogP contribution in [0, 0.1) is 11.3 Å². The van der Waals surface area contributed by atoms with E-state index in [9.17, 15) is 5.26 Å². The minimum Gasteiger partial charge on any atom is -0.244 e. The first kappa shape index (κ1) is 31.2. The highest BCUT2D eigenvalue weighted by atomic mass is 32.1. The molecule has 10 aromatic rings. The third-order valence-electron chi connectivity index (χ3n) is 10.6. The molecule has 254 valence electrons. The topological polar surface area (TPSA) is 75.3 Å². The molecule has 3 heterocycles. The van der Waals surface area contributed by atoms with Gasteiger partial charge in [0.15, 0.2) is 17.5 Å². The van der Waals surface area contributed by atoms with Gasteiger partial charge in [0.05, 0.1) is 17.3 Å². The maximum Gasteiger partial charge on any atom is 0.182 e. The van der Waals surface area contributed by atoms with Gasteiger partial charge in [-0.3, -0.25) is 0 Å². The monoisotopic (exact) mass is 717 g/mol. The van der Waals surface area contributed by atoms with Crippen LogP contribution in [0.3, 0.4) is 0 Å². The molecule has 0 spiro atoms. The van der Waals surface area contributed by atoms with Crippen molar-refractivity contribution in [3.63, 3.8) is 0 Å². The van der Waals surface area contributed by atoms with Crippen LogP contribution >= 0.6 is 11.3 Å². The summed E-state index contributed by atoms with van der Waals surface area (Å²) in [5, 5.41) is 14.8. The molecule has 1 aliphatic carbocycles. The number of benzene rings is 7. The summed E-state index contributed by atoms with van der Waals surface area (Å²) >= 11 is 1.76. The van der Waals surface area contributed by atoms with Crippen LogP contribution in [-0.2, 0) is 0 Å². The number of nitriles is 1. The van der Waals surface area contributed by atoms with Gasteiger partial charge in [0.1, 0.15) is 5.69 Å². The Morgan fingerprint density at radius 2 is 0.945 bits per heavy atom. The van der Waals surface area contributed by atoms with Crippen molar-refractivity contribution in [2.45, 2.75) is 0 Å². The summed E-state index contributed by atoms with van der Waals surface area (Å²) in [6, 6.07) is 58.5. The van der Waals surface area contributed by atoms with E-state index in [1.807, 2.05) is 72.8 Å². The first-order chi connectivity index (χ1) is 27.2. The average Bonchev–Trinajstić information content (AvgIpc) is 3.81. The van der Waals surface area contributed by atoms with Gasteiger partial charge in [0.25, 0.3) is 0 Å². The molecule has 0 fully saturated rings. The highest BCUT2D eigenvalue weighted by Crippen LogP contribution is 2.52. The van der Waals surface area contributed by atoms with Crippen molar-refractivity contribution in [3.8, 4) is 85.0 Å². The molecule has 0 amide bonds. The third kappa shape index (κ3) is 4.91. The molecule has 0 unspecified atom stereocenters. The molecule has 0 bridgehead atoms. The molecule has 0 radical (unpaired) electrons. The summed E-state index contributed by atoms with van der Waals surface area (Å²) < 4.78 is 2.36. The van der Waals surface area contributed by atoms with Crippen LogP contribution in [-0.4, -0.2) is 19.9 Å². The maximum absolute atomic E-state index is 10.2. The first-order valence-corrected chi connectivity index (χ1v) is 18.9. The van der Waals surface area contributed by atoms with Crippen LogP contribution in [0.5, 0.6) is 0 Å². The number of hydrogen-bond donors (Lipinski definition) is 0. The van der Waals surface area contributed by atoms with E-state index in [1.54, 1.807) is 11.3 Å². The summed E-state index contributed by atoms with van der Waals surface area (Å²) in [5.41, 5.74) is 11.6. The summed E-state index contributed by atoms with van der Waals surface area (Å²) in [4.78, 5) is 20.6. The van der Waals surface area contributed by atoms with Crippen LogP contribution in [0.2, 0.25) is 0 Å². The molecule has 3 aromatic heterocycles. The Hall–Kier alpha value is -7.33. The van der Waals surface area contributed by atoms with Crippen LogP contribution in [0.4, 0.5) is 0 Å². The third-order valence-corrected chi connectivity index (χ3v) is 11.8. The number of fused-ring (bicyclic) bond motifs is 6. The van der Waals surface area contributed by atoms with E-state index in [1.165, 1.54) is 43.1 Å². The normalized spacial score (nSPS) is 11.6. The van der Waals surface area contributed by atoms with Crippen LogP contribution in [0.1, 0.15) is 5.56 Å². The van der Waals surface area contributed by atoms with E-state index in [0.717, 1.165) is 43.6 Å². The van der Waals surface area contributed by atoms with Gasteiger partial charge in [-0.05, 0) is 63.5 Å². The molecule has 5 nitrogen and oxygen atoms in total. The van der Waals surface area contributed by atoms with E-state index in [0.29, 0.717) is 28.7 Å². The number of aromatic nitrogens is 4. The standard InChI is InChI=1S/C49H27N5S/c50-28-30-14-4-5-15-31(30)35-24-25-36-32-16-6-7-17-33(32)37-26-27-39(45(35)44(36)37)41-21-11-22-42(51-41)49-53-47(29-12-2-1-3-13-29)52-48(54-49)40-20-10-19-38-34-18-8-9-23-43(34)55-46(38)40/h1-27H. The van der Waals surface area contributed by atoms with E-state index < -0.39 is 0 Å². The fraction of sp³-hybridized carbons (Fsp3) is 0. The van der Waals surface area contributed by atoms with Crippen molar-refractivity contribution in [2.24, 2.45) is 0 Å². The Morgan fingerprint density at radius 1 is 0.382 bits per heavy atom. The lowest BCUT2D eigenvalue weighted by Gasteiger charge is -2.16. The van der Waals surface area contributed by atoms with Crippen molar-refractivity contribution < 1.29 is 0 Å². The summed E-state index contributed by atoms with van der Waals surface area (Å²) in [6.07, 6.45) is 0. The maximum atomic E-state index is 10.2. The molecule has 1 aliphatic rings. The van der Waals surface area contributed by atoms with Gasteiger partial charge in [-0.1, -0.05) is 133 Å². The molecule has 0 saturated heterocycles. The highest BCUT2D eigenvalue weighted by molar-refractivity contribution is 7.26. The summed E-state index contributed by atoms with van der Waals surface area (Å²) in [6.45, 7) is 0. The zero-order chi connectivity index (χ0) is 36.5. The lowest BCUT2D eigenvalue weighted by Crippen LogP contribution is -2.01. The molecule has 6 heteroatoms. The number of hydrogen-bond acceptors (Lipinski definition) is 6. The zero-order valence-electron chi connectivity index (χ0n) is 29.2. The van der Waals surface area contributed by atoms with Crippen molar-refractivity contribution in [3.05, 3.63) is 169 Å². The number of rotatable bonds is 5. The lowest BCUT2D eigenvalue weighted by molar-refractivity contribution is 1.06. The van der Waals surface area contributed by atoms with E-state index >= 15 is 0 Å². The first-order valence-electron chi connectivity index (χ1n) is 18.1. The Kier molecular flexibility index (Phi) is 7.03. The van der Waals surface area contributed by atoms with Gasteiger partial charge in [0.2, 0.25) is 0 Å². The quantitative estimate of drug-likeness (QED) is 0.177. The second kappa shape index (κ2) is 12.4. The Balaban J connectivity index is 1.14. The van der Waals surface area contributed by atoms with E-state index in [2.05, 4.69) is 97.1 Å². The minimum absolute atomic E-state index is 0.497. The van der Waals surface area contributed by atoms with Gasteiger partial charge in [-0.2, -0.15) is 5.26 Å². The lowest BCUT2D eigenvalue weighted by atomic mass is 9.88. The van der Waals surface area contributed by atoms with Crippen molar-refractivity contribution in [1.82, 2.24) is 19.9 Å². The Labute approximate surface area is 320 Å². The molecule has 0 aliphatic heterocycles. The van der Waals surface area contributed by atoms with Gasteiger partial charge in [-0.15, -0.1) is 11.3 Å². The van der Waals surface area contributed by atoms with Crippen LogP contribution < -0.4 is 0 Å². The van der Waals surface area contributed by atoms with E-state index in [-0.39, 0.29) is 0 Å². The number of thiophene rings is 1. The van der Waals surface area contributed by atoms with Crippen molar-refractivity contribution in [2.75, 3.05) is 0 Å². The van der Waals surface area contributed by atoms with Gasteiger partial charge in [-0.25, -0.2) is 19.9 Å². The van der Waals surface area contributed by atoms with Gasteiger partial charge < -0.3 is 0 Å². The number of nitrogens with zero attached hydrogens (tertiary/aromatic N) is 5. The minimum atomic E-state index is 0.497. The summed E-state index contributed by atoms with van der Waals surface area (Å²) in [5.74, 6) is 1.69. The molecule has 11 rings (SSSR count). The second-order valence-electron chi connectivity index (χ2n) is 13.6. The molecule has 0 N–H and O–H groups in total. The largest absolute Gasteiger partial charge is 0.244 e. The van der Waals surface area contributed by atoms with Gasteiger partial charge in [0, 0.05) is 47.8 Å². The predicted molar refractivity (Wildman–Crippen MR) is 224 cm³/mol. The van der Waals surface area contributed by atoms with Crippen molar-refractivity contribution in [1.29, 1.82) is 5.26 Å². The molecule has 0 atom stereocenters. The zero-order valence-corrected chi connectivity index (χ0v) is 30.0. The summed E-state index contributed by atoms with van der Waals surface area (Å²) in [7, 11) is 0. The molecule has 55 heavy (non-hydrogen) atoms. The second-order valence-corrected chi connectivity index (χ2v) is 14.7. The molecule has 7 aromatic carbocycles. The average molecular weight is 718 g/mol. The van der Waals surface area contributed by atoms with Gasteiger partial charge >= 0.3 is 0 Å². The smallest absolute Gasteiger partial charge is 0.182 e. The number of pyridine rings is 1. The Bertz CT molecular complexity index is 3200. The molecular weight excluding hydrogens is 691 g/mol. The highest BCUT2D eigenvalue weighted by Gasteiger charge is 2.26.